The Hall–Kier alpha value is -1.26. The summed E-state index contributed by atoms with van der Waals surface area (Å²) >= 11 is 0. The lowest BCUT2D eigenvalue weighted by Gasteiger charge is -2.19. The van der Waals surface area contributed by atoms with Gasteiger partial charge < -0.3 is 4.74 Å². The highest BCUT2D eigenvalue weighted by Gasteiger charge is 2.36. The molecule has 2 aliphatic carbocycles. The fraction of sp³-hybridized carbons (Fsp3) is 0.500. The van der Waals surface area contributed by atoms with E-state index in [0.717, 1.165) is 0 Å². The SMILES string of the molecule is O=C1CCC2CC(OC(F)(F)F)=CC=C12. The molecule has 2 rings (SSSR count). The van der Waals surface area contributed by atoms with Gasteiger partial charge in [0.1, 0.15) is 5.76 Å². The zero-order valence-corrected chi connectivity index (χ0v) is 7.80. The summed E-state index contributed by atoms with van der Waals surface area (Å²) in [4.78, 5) is 11.2. The smallest absolute Gasteiger partial charge is 0.410 e. The molecule has 0 saturated heterocycles. The summed E-state index contributed by atoms with van der Waals surface area (Å²) < 4.78 is 39.6. The first-order valence-corrected chi connectivity index (χ1v) is 4.65. The second kappa shape index (κ2) is 3.40. The predicted molar refractivity (Wildman–Crippen MR) is 45.7 cm³/mol. The Morgan fingerprint density at radius 2 is 2.07 bits per heavy atom. The van der Waals surface area contributed by atoms with Crippen LogP contribution in [0.5, 0.6) is 0 Å². The molecule has 2 nitrogen and oxygen atoms in total. The number of ether oxygens (including phenoxy) is 1. The molecule has 1 unspecified atom stereocenters. The summed E-state index contributed by atoms with van der Waals surface area (Å²) in [5.41, 5.74) is 0.643. The first-order valence-electron chi connectivity index (χ1n) is 4.65. The van der Waals surface area contributed by atoms with Gasteiger partial charge in [0.05, 0.1) is 0 Å². The molecule has 0 bridgehead atoms. The van der Waals surface area contributed by atoms with Gasteiger partial charge in [0.15, 0.2) is 5.78 Å². The summed E-state index contributed by atoms with van der Waals surface area (Å²) in [6.45, 7) is 0. The van der Waals surface area contributed by atoms with E-state index in [0.29, 0.717) is 18.4 Å². The summed E-state index contributed by atoms with van der Waals surface area (Å²) in [6, 6.07) is 0. The standard InChI is InChI=1S/C10H9F3O2/c11-10(12,13)15-7-2-3-8-6(5-7)1-4-9(8)14/h2-3,6H,1,4-5H2. The van der Waals surface area contributed by atoms with Crippen LogP contribution in [0, 0.1) is 5.92 Å². The van der Waals surface area contributed by atoms with Gasteiger partial charge in [-0.25, -0.2) is 0 Å². The van der Waals surface area contributed by atoms with Gasteiger partial charge in [-0.1, -0.05) is 6.08 Å². The van der Waals surface area contributed by atoms with Gasteiger partial charge in [-0.3, -0.25) is 4.79 Å². The molecular formula is C10H9F3O2. The number of hydrogen-bond acceptors (Lipinski definition) is 2. The van der Waals surface area contributed by atoms with Crippen LogP contribution < -0.4 is 0 Å². The number of halogens is 3. The maximum Gasteiger partial charge on any atom is 0.572 e. The van der Waals surface area contributed by atoms with Crippen molar-refractivity contribution in [3.8, 4) is 0 Å². The maximum absolute atomic E-state index is 11.9. The summed E-state index contributed by atoms with van der Waals surface area (Å²) in [7, 11) is 0. The van der Waals surface area contributed by atoms with Crippen molar-refractivity contribution in [2.24, 2.45) is 5.92 Å². The second-order valence-electron chi connectivity index (χ2n) is 3.67. The molecule has 0 aromatic carbocycles. The molecule has 0 spiro atoms. The monoisotopic (exact) mass is 218 g/mol. The Kier molecular flexibility index (Phi) is 2.32. The normalized spacial score (nSPS) is 25.8. The number of hydrogen-bond donors (Lipinski definition) is 0. The molecule has 2 aliphatic rings. The van der Waals surface area contributed by atoms with Crippen LogP contribution in [-0.4, -0.2) is 12.1 Å². The Morgan fingerprint density at radius 1 is 1.33 bits per heavy atom. The van der Waals surface area contributed by atoms with Crippen LogP contribution in [-0.2, 0) is 9.53 Å². The largest absolute Gasteiger partial charge is 0.572 e. The van der Waals surface area contributed by atoms with Gasteiger partial charge in [0, 0.05) is 12.8 Å². The van der Waals surface area contributed by atoms with Gasteiger partial charge in [0.25, 0.3) is 0 Å². The Bertz CT molecular complexity index is 352. The molecule has 1 atom stereocenters. The molecule has 1 saturated carbocycles. The highest BCUT2D eigenvalue weighted by Crippen LogP contribution is 2.38. The lowest BCUT2D eigenvalue weighted by atomic mass is 9.93. The zero-order chi connectivity index (χ0) is 11.1. The Labute approximate surface area is 84.4 Å². The number of alkyl halides is 3. The maximum atomic E-state index is 11.9. The van der Waals surface area contributed by atoms with Gasteiger partial charge in [-0.05, 0) is 24.0 Å². The van der Waals surface area contributed by atoms with Crippen molar-refractivity contribution in [3.63, 3.8) is 0 Å². The summed E-state index contributed by atoms with van der Waals surface area (Å²) in [6.07, 6.45) is -0.711. The third kappa shape index (κ3) is 2.22. The van der Waals surface area contributed by atoms with Gasteiger partial charge >= 0.3 is 6.36 Å². The molecule has 0 heterocycles. The van der Waals surface area contributed by atoms with Crippen LogP contribution in [0.3, 0.4) is 0 Å². The van der Waals surface area contributed by atoms with E-state index in [9.17, 15) is 18.0 Å². The molecule has 1 fully saturated rings. The molecule has 82 valence electrons. The van der Waals surface area contributed by atoms with E-state index in [4.69, 9.17) is 0 Å². The van der Waals surface area contributed by atoms with Crippen LogP contribution >= 0.6 is 0 Å². The van der Waals surface area contributed by atoms with Crippen molar-refractivity contribution in [1.29, 1.82) is 0 Å². The minimum absolute atomic E-state index is 0.0438. The predicted octanol–water partition coefficient (Wildman–Crippen LogP) is 2.72. The minimum Gasteiger partial charge on any atom is -0.410 e. The fourth-order valence-electron chi connectivity index (χ4n) is 1.99. The zero-order valence-electron chi connectivity index (χ0n) is 7.80. The number of carbonyl (C=O) groups excluding carboxylic acids is 1. The van der Waals surface area contributed by atoms with Crippen LogP contribution in [0.2, 0.25) is 0 Å². The molecule has 0 radical (unpaired) electrons. The van der Waals surface area contributed by atoms with Crippen molar-refractivity contribution in [3.05, 3.63) is 23.5 Å². The molecule has 15 heavy (non-hydrogen) atoms. The third-order valence-corrected chi connectivity index (χ3v) is 2.62. The quantitative estimate of drug-likeness (QED) is 0.676. The molecule has 0 aromatic heterocycles. The van der Waals surface area contributed by atoms with Crippen molar-refractivity contribution in [2.75, 3.05) is 0 Å². The summed E-state index contributed by atoms with van der Waals surface area (Å²) in [5.74, 6) is -0.145. The van der Waals surface area contributed by atoms with Crippen LogP contribution in [0.15, 0.2) is 23.5 Å². The van der Waals surface area contributed by atoms with Crippen molar-refractivity contribution >= 4 is 5.78 Å². The summed E-state index contributed by atoms with van der Waals surface area (Å²) in [5, 5.41) is 0. The van der Waals surface area contributed by atoms with Gasteiger partial charge in [-0.2, -0.15) is 0 Å². The minimum atomic E-state index is -4.64. The molecule has 5 heteroatoms. The molecule has 0 aliphatic heterocycles. The van der Waals surface area contributed by atoms with E-state index >= 15 is 0 Å². The number of allylic oxidation sites excluding steroid dienone is 4. The topological polar surface area (TPSA) is 26.3 Å². The van der Waals surface area contributed by atoms with Crippen molar-refractivity contribution in [2.45, 2.75) is 25.6 Å². The number of Topliss-reactive ketones (excluding diaryl/α,β-unsaturated/α-hetero) is 1. The van der Waals surface area contributed by atoms with Crippen LogP contribution in [0.25, 0.3) is 0 Å². The average Bonchev–Trinajstić information content (AvgIpc) is 2.45. The van der Waals surface area contributed by atoms with E-state index in [2.05, 4.69) is 4.74 Å². The van der Waals surface area contributed by atoms with E-state index in [-0.39, 0.29) is 23.9 Å². The highest BCUT2D eigenvalue weighted by atomic mass is 19.4. The highest BCUT2D eigenvalue weighted by molar-refractivity contribution is 5.98. The second-order valence-corrected chi connectivity index (χ2v) is 3.67. The Balaban J connectivity index is 2.11. The molecule has 0 aromatic rings. The van der Waals surface area contributed by atoms with Gasteiger partial charge in [-0.15, -0.1) is 13.2 Å². The third-order valence-electron chi connectivity index (χ3n) is 2.62. The van der Waals surface area contributed by atoms with E-state index in [1.807, 2.05) is 0 Å². The van der Waals surface area contributed by atoms with Crippen molar-refractivity contribution in [1.82, 2.24) is 0 Å². The average molecular weight is 218 g/mol. The van der Waals surface area contributed by atoms with Gasteiger partial charge in [0.2, 0.25) is 0 Å². The molecular weight excluding hydrogens is 209 g/mol. The number of rotatable bonds is 1. The van der Waals surface area contributed by atoms with Crippen molar-refractivity contribution < 1.29 is 22.7 Å². The number of carbonyl (C=O) groups is 1. The van der Waals surface area contributed by atoms with E-state index in [1.54, 1.807) is 0 Å². The van der Waals surface area contributed by atoms with Crippen LogP contribution in [0.1, 0.15) is 19.3 Å². The lowest BCUT2D eigenvalue weighted by molar-refractivity contribution is -0.306. The molecule has 0 amide bonds. The Morgan fingerprint density at radius 3 is 2.73 bits per heavy atom. The molecule has 0 N–H and O–H groups in total. The fourth-order valence-corrected chi connectivity index (χ4v) is 1.99. The first-order chi connectivity index (χ1) is 6.96. The number of fused-ring (bicyclic) bond motifs is 1. The van der Waals surface area contributed by atoms with E-state index in [1.165, 1.54) is 12.2 Å². The first kappa shape index (κ1) is 10.3. The number of ketones is 1. The van der Waals surface area contributed by atoms with E-state index < -0.39 is 6.36 Å². The lowest BCUT2D eigenvalue weighted by Crippen LogP contribution is -2.16. The van der Waals surface area contributed by atoms with Crippen LogP contribution in [0.4, 0.5) is 13.2 Å².